The van der Waals surface area contributed by atoms with E-state index in [1.165, 1.54) is 19.1 Å². The quantitative estimate of drug-likeness (QED) is 0.794. The first-order valence-corrected chi connectivity index (χ1v) is 6.77. The molecule has 0 heterocycles. The van der Waals surface area contributed by atoms with Crippen molar-refractivity contribution in [2.75, 3.05) is 0 Å². The fourth-order valence-corrected chi connectivity index (χ4v) is 2.66. The van der Waals surface area contributed by atoms with Gasteiger partial charge in [-0.1, -0.05) is 29.3 Å². The molecule has 21 heavy (non-hydrogen) atoms. The Kier molecular flexibility index (Phi) is 4.51. The average molecular weight is 335 g/mol. The number of hydrogen-bond donors (Lipinski definition) is 1. The molecule has 1 atom stereocenters. The van der Waals surface area contributed by atoms with Crippen molar-refractivity contribution in [2.24, 2.45) is 0 Å². The van der Waals surface area contributed by atoms with Crippen LogP contribution in [0.2, 0.25) is 10.0 Å². The van der Waals surface area contributed by atoms with Crippen molar-refractivity contribution in [3.63, 3.8) is 0 Å². The smallest absolute Gasteiger partial charge is 0.159 e. The highest BCUT2D eigenvalue weighted by molar-refractivity contribution is 6.35. The van der Waals surface area contributed by atoms with E-state index in [2.05, 4.69) is 0 Å². The second-order valence-electron chi connectivity index (χ2n) is 4.95. The third-order valence-corrected chi connectivity index (χ3v) is 3.72. The van der Waals surface area contributed by atoms with Gasteiger partial charge in [0.1, 0.15) is 5.82 Å². The lowest BCUT2D eigenvalue weighted by molar-refractivity contribution is 0.0573. The van der Waals surface area contributed by atoms with E-state index in [4.69, 9.17) is 23.2 Å². The molecule has 1 N–H and O–H groups in total. The Balaban J connectivity index is 2.37. The third-order valence-electron chi connectivity index (χ3n) is 3.12. The zero-order chi connectivity index (χ0) is 15.8. The number of benzene rings is 2. The molecule has 0 saturated heterocycles. The number of halogens is 5. The Labute approximate surface area is 129 Å². The van der Waals surface area contributed by atoms with E-state index >= 15 is 0 Å². The zero-order valence-corrected chi connectivity index (χ0v) is 12.4. The van der Waals surface area contributed by atoms with Crippen molar-refractivity contribution < 1.29 is 18.3 Å². The molecule has 0 fully saturated rings. The van der Waals surface area contributed by atoms with E-state index in [9.17, 15) is 18.3 Å². The molecule has 6 heteroatoms. The van der Waals surface area contributed by atoms with Gasteiger partial charge in [0.15, 0.2) is 11.6 Å². The molecule has 0 spiro atoms. The number of hydrogen-bond acceptors (Lipinski definition) is 1. The molecular formula is C15H11Cl2F3O. The maximum Gasteiger partial charge on any atom is 0.159 e. The first-order chi connectivity index (χ1) is 9.70. The minimum Gasteiger partial charge on any atom is -0.385 e. The Morgan fingerprint density at radius 2 is 1.62 bits per heavy atom. The van der Waals surface area contributed by atoms with Gasteiger partial charge in [-0.25, -0.2) is 13.2 Å². The van der Waals surface area contributed by atoms with Gasteiger partial charge in [-0.2, -0.15) is 0 Å². The Morgan fingerprint density at radius 3 is 2.24 bits per heavy atom. The van der Waals surface area contributed by atoms with Gasteiger partial charge in [0.05, 0.1) is 10.6 Å². The molecule has 0 saturated carbocycles. The third kappa shape index (κ3) is 3.51. The van der Waals surface area contributed by atoms with Gasteiger partial charge in [0, 0.05) is 17.0 Å². The van der Waals surface area contributed by atoms with E-state index in [0.29, 0.717) is 5.56 Å². The SMILES string of the molecule is CC(O)(Cc1ccc(F)c(F)c1)c1cc(F)c(Cl)cc1Cl. The van der Waals surface area contributed by atoms with Crippen LogP contribution in [0.15, 0.2) is 30.3 Å². The molecule has 0 aliphatic carbocycles. The maximum atomic E-state index is 13.5. The standard InChI is InChI=1S/C15H11Cl2F3O/c1-15(21,7-8-2-3-12(18)14(20)4-8)9-5-13(19)11(17)6-10(9)16/h2-6,21H,7H2,1H3. The van der Waals surface area contributed by atoms with Crippen molar-refractivity contribution in [1.82, 2.24) is 0 Å². The van der Waals surface area contributed by atoms with Gasteiger partial charge < -0.3 is 5.11 Å². The molecule has 0 aliphatic heterocycles. The van der Waals surface area contributed by atoms with Crippen LogP contribution in [0.25, 0.3) is 0 Å². The summed E-state index contributed by atoms with van der Waals surface area (Å²) in [5, 5.41) is 10.4. The summed E-state index contributed by atoms with van der Waals surface area (Å²) in [5.41, 5.74) is -1.09. The van der Waals surface area contributed by atoms with Crippen LogP contribution >= 0.6 is 23.2 Å². The van der Waals surface area contributed by atoms with Crippen molar-refractivity contribution in [2.45, 2.75) is 18.9 Å². The molecule has 1 nitrogen and oxygen atoms in total. The van der Waals surface area contributed by atoms with E-state index < -0.39 is 23.1 Å². The van der Waals surface area contributed by atoms with Crippen molar-refractivity contribution in [1.29, 1.82) is 0 Å². The topological polar surface area (TPSA) is 20.2 Å². The number of rotatable bonds is 3. The minimum absolute atomic E-state index is 0.0645. The number of aliphatic hydroxyl groups is 1. The lowest BCUT2D eigenvalue weighted by Gasteiger charge is -2.25. The Bertz CT molecular complexity index is 687. The van der Waals surface area contributed by atoms with Gasteiger partial charge in [0.25, 0.3) is 0 Å². The molecule has 2 aromatic rings. The van der Waals surface area contributed by atoms with E-state index in [0.717, 1.165) is 18.2 Å². The van der Waals surface area contributed by atoms with Gasteiger partial charge in [-0.15, -0.1) is 0 Å². The minimum atomic E-state index is -1.56. The fraction of sp³-hybridized carbons (Fsp3) is 0.200. The van der Waals surface area contributed by atoms with Crippen LogP contribution in [0, 0.1) is 17.5 Å². The van der Waals surface area contributed by atoms with Gasteiger partial charge in [-0.3, -0.25) is 0 Å². The lowest BCUT2D eigenvalue weighted by atomic mass is 9.89. The molecule has 0 aliphatic rings. The highest BCUT2D eigenvalue weighted by Gasteiger charge is 2.28. The van der Waals surface area contributed by atoms with Crippen LogP contribution < -0.4 is 0 Å². The molecule has 0 amide bonds. The average Bonchev–Trinajstić information content (AvgIpc) is 2.37. The molecule has 0 aromatic heterocycles. The van der Waals surface area contributed by atoms with E-state index in [1.807, 2.05) is 0 Å². The molecule has 0 bridgehead atoms. The second-order valence-corrected chi connectivity index (χ2v) is 5.76. The Hall–Kier alpha value is -1.23. The summed E-state index contributed by atoms with van der Waals surface area (Å²) in [5.74, 6) is -2.72. The van der Waals surface area contributed by atoms with Crippen molar-refractivity contribution in [3.05, 3.63) is 69.0 Å². The normalized spacial score (nSPS) is 14.0. The van der Waals surface area contributed by atoms with Gasteiger partial charge >= 0.3 is 0 Å². The molecular weight excluding hydrogens is 324 g/mol. The van der Waals surface area contributed by atoms with Crippen LogP contribution in [-0.4, -0.2) is 5.11 Å². The first kappa shape index (κ1) is 16.1. The zero-order valence-electron chi connectivity index (χ0n) is 10.9. The lowest BCUT2D eigenvalue weighted by Crippen LogP contribution is -2.25. The first-order valence-electron chi connectivity index (χ1n) is 6.02. The molecule has 0 radical (unpaired) electrons. The summed E-state index contributed by atoms with van der Waals surface area (Å²) in [7, 11) is 0. The van der Waals surface area contributed by atoms with Crippen molar-refractivity contribution >= 4 is 23.2 Å². The largest absolute Gasteiger partial charge is 0.385 e. The highest BCUT2D eigenvalue weighted by Crippen LogP contribution is 2.34. The predicted molar refractivity (Wildman–Crippen MR) is 76.1 cm³/mol. The van der Waals surface area contributed by atoms with E-state index in [1.54, 1.807) is 0 Å². The van der Waals surface area contributed by atoms with Gasteiger partial charge in [0.2, 0.25) is 0 Å². The summed E-state index contributed by atoms with van der Waals surface area (Å²) < 4.78 is 39.6. The summed E-state index contributed by atoms with van der Waals surface area (Å²) in [6.07, 6.45) is -0.0645. The molecule has 2 rings (SSSR count). The van der Waals surface area contributed by atoms with Gasteiger partial charge in [-0.05, 0) is 36.8 Å². The van der Waals surface area contributed by atoms with Crippen LogP contribution in [0.3, 0.4) is 0 Å². The maximum absolute atomic E-state index is 13.5. The van der Waals surface area contributed by atoms with Crippen LogP contribution in [0.4, 0.5) is 13.2 Å². The molecule has 112 valence electrons. The molecule has 1 unspecified atom stereocenters. The monoisotopic (exact) mass is 334 g/mol. The fourth-order valence-electron chi connectivity index (χ4n) is 2.08. The summed E-state index contributed by atoms with van der Waals surface area (Å²) in [4.78, 5) is 0. The van der Waals surface area contributed by atoms with Crippen molar-refractivity contribution in [3.8, 4) is 0 Å². The summed E-state index contributed by atoms with van der Waals surface area (Å²) >= 11 is 11.6. The molecule has 2 aromatic carbocycles. The summed E-state index contributed by atoms with van der Waals surface area (Å²) in [6.45, 7) is 1.41. The highest BCUT2D eigenvalue weighted by atomic mass is 35.5. The van der Waals surface area contributed by atoms with Crippen LogP contribution in [-0.2, 0) is 12.0 Å². The Morgan fingerprint density at radius 1 is 0.952 bits per heavy atom. The van der Waals surface area contributed by atoms with E-state index in [-0.39, 0.29) is 22.0 Å². The second kappa shape index (κ2) is 5.87. The summed E-state index contributed by atoms with van der Waals surface area (Å²) in [6, 6.07) is 5.50. The van der Waals surface area contributed by atoms with Crippen LogP contribution in [0.5, 0.6) is 0 Å². The predicted octanol–water partition coefficient (Wildman–Crippen LogP) is 4.86. The van der Waals surface area contributed by atoms with Crippen LogP contribution in [0.1, 0.15) is 18.1 Å².